The monoisotopic (exact) mass is 259 g/mol. The van der Waals surface area contributed by atoms with Gasteiger partial charge < -0.3 is 5.32 Å². The first-order valence-electron chi connectivity index (χ1n) is 5.74. The van der Waals surface area contributed by atoms with Crippen LogP contribution in [0.3, 0.4) is 0 Å². The topological polar surface area (TPSA) is 89.8 Å². The Kier molecular flexibility index (Phi) is 3.97. The molecule has 0 unspecified atom stereocenters. The number of nitrogens with one attached hydrogen (secondary N) is 1. The smallest absolute Gasteiger partial charge is 0.271 e. The molecule has 0 fully saturated rings. The third-order valence-corrected chi connectivity index (χ3v) is 2.45. The summed E-state index contributed by atoms with van der Waals surface area (Å²) < 4.78 is 1.43. The average molecular weight is 259 g/mol. The summed E-state index contributed by atoms with van der Waals surface area (Å²) in [6.07, 6.45) is 5.79. The van der Waals surface area contributed by atoms with Gasteiger partial charge in [0, 0.05) is 37.2 Å². The van der Waals surface area contributed by atoms with Crippen molar-refractivity contribution in [3.05, 3.63) is 52.7 Å². The lowest BCUT2D eigenvalue weighted by Crippen LogP contribution is -2.31. The highest BCUT2D eigenvalue weighted by molar-refractivity contribution is 5.91. The van der Waals surface area contributed by atoms with Crippen LogP contribution in [-0.4, -0.2) is 32.0 Å². The fourth-order valence-corrected chi connectivity index (χ4v) is 1.48. The maximum Gasteiger partial charge on any atom is 0.271 e. The Morgan fingerprint density at radius 2 is 2.21 bits per heavy atom. The molecule has 0 aromatic carbocycles. The molecule has 0 aliphatic carbocycles. The van der Waals surface area contributed by atoms with Crippen LogP contribution < -0.4 is 10.9 Å². The lowest BCUT2D eigenvalue weighted by atomic mass is 10.4. The van der Waals surface area contributed by atoms with Crippen molar-refractivity contribution in [1.29, 1.82) is 0 Å². The van der Waals surface area contributed by atoms with E-state index in [0.717, 1.165) is 0 Å². The van der Waals surface area contributed by atoms with Gasteiger partial charge in [-0.25, -0.2) is 9.97 Å². The number of amides is 1. The maximum atomic E-state index is 11.7. The highest BCUT2D eigenvalue weighted by Crippen LogP contribution is 1.89. The molecule has 7 heteroatoms. The second-order valence-electron chi connectivity index (χ2n) is 3.91. The van der Waals surface area contributed by atoms with E-state index in [1.165, 1.54) is 35.6 Å². The number of nitrogens with zero attached hydrogens (tertiary/aromatic N) is 4. The summed E-state index contributed by atoms with van der Waals surface area (Å²) in [6.45, 7) is 2.43. The van der Waals surface area contributed by atoms with Crippen LogP contribution in [0.4, 0.5) is 0 Å². The summed E-state index contributed by atoms with van der Waals surface area (Å²) in [5.41, 5.74) is 0.781. The molecule has 0 saturated carbocycles. The molecular weight excluding hydrogens is 246 g/mol. The Balaban J connectivity index is 1.90. The first kappa shape index (κ1) is 12.9. The number of carbonyl (C=O) groups is 1. The molecule has 0 radical (unpaired) electrons. The zero-order valence-electron chi connectivity index (χ0n) is 10.4. The van der Waals surface area contributed by atoms with E-state index in [1.54, 1.807) is 6.92 Å². The van der Waals surface area contributed by atoms with E-state index in [2.05, 4.69) is 20.3 Å². The van der Waals surface area contributed by atoms with E-state index >= 15 is 0 Å². The zero-order valence-corrected chi connectivity index (χ0v) is 10.4. The largest absolute Gasteiger partial charge is 0.349 e. The van der Waals surface area contributed by atoms with Gasteiger partial charge in [0.2, 0.25) is 0 Å². The van der Waals surface area contributed by atoms with Crippen LogP contribution in [-0.2, 0) is 6.54 Å². The van der Waals surface area contributed by atoms with Crippen LogP contribution in [0.15, 0.2) is 35.8 Å². The van der Waals surface area contributed by atoms with Gasteiger partial charge in [0.1, 0.15) is 5.69 Å². The molecule has 19 heavy (non-hydrogen) atoms. The molecule has 2 aromatic rings. The Morgan fingerprint density at radius 3 is 2.89 bits per heavy atom. The Hall–Kier alpha value is -2.57. The second kappa shape index (κ2) is 5.85. The lowest BCUT2D eigenvalue weighted by molar-refractivity contribution is 0.0946. The van der Waals surface area contributed by atoms with Gasteiger partial charge in [-0.3, -0.25) is 19.1 Å². The fourth-order valence-electron chi connectivity index (χ4n) is 1.48. The molecule has 0 aliphatic rings. The predicted molar refractivity (Wildman–Crippen MR) is 67.6 cm³/mol. The van der Waals surface area contributed by atoms with Crippen LogP contribution >= 0.6 is 0 Å². The van der Waals surface area contributed by atoms with Crippen molar-refractivity contribution in [3.8, 4) is 0 Å². The van der Waals surface area contributed by atoms with Gasteiger partial charge in [-0.05, 0) is 6.92 Å². The van der Waals surface area contributed by atoms with E-state index in [1.807, 2.05) is 0 Å². The van der Waals surface area contributed by atoms with Crippen molar-refractivity contribution >= 4 is 5.91 Å². The molecule has 0 atom stereocenters. The SMILES string of the molecule is Cc1cc(=O)n(CCNC(=O)c2cnccn2)cn1. The first-order valence-corrected chi connectivity index (χ1v) is 5.74. The van der Waals surface area contributed by atoms with Gasteiger partial charge in [-0.2, -0.15) is 0 Å². The van der Waals surface area contributed by atoms with Crippen LogP contribution in [0.2, 0.25) is 0 Å². The van der Waals surface area contributed by atoms with Gasteiger partial charge in [-0.15, -0.1) is 0 Å². The molecule has 7 nitrogen and oxygen atoms in total. The van der Waals surface area contributed by atoms with Crippen LogP contribution in [0.1, 0.15) is 16.2 Å². The summed E-state index contributed by atoms with van der Waals surface area (Å²) in [5, 5.41) is 2.66. The normalized spacial score (nSPS) is 10.2. The highest BCUT2D eigenvalue weighted by Gasteiger charge is 2.05. The summed E-state index contributed by atoms with van der Waals surface area (Å²) in [7, 11) is 0. The van der Waals surface area contributed by atoms with Crippen LogP contribution in [0.5, 0.6) is 0 Å². The molecule has 98 valence electrons. The van der Waals surface area contributed by atoms with E-state index in [0.29, 0.717) is 18.8 Å². The predicted octanol–water partition coefficient (Wildman–Crippen LogP) is -0.228. The number of hydrogen-bond donors (Lipinski definition) is 1. The van der Waals surface area contributed by atoms with Crippen LogP contribution in [0.25, 0.3) is 0 Å². The minimum Gasteiger partial charge on any atom is -0.349 e. The standard InChI is InChI=1S/C12H13N5O2/c1-9-6-11(18)17(8-16-9)5-4-15-12(19)10-7-13-2-3-14-10/h2-3,6-8H,4-5H2,1H3,(H,15,19). The maximum absolute atomic E-state index is 11.7. The lowest BCUT2D eigenvalue weighted by Gasteiger charge is -2.06. The minimum absolute atomic E-state index is 0.138. The molecule has 2 rings (SSSR count). The Morgan fingerprint density at radius 1 is 1.37 bits per heavy atom. The zero-order chi connectivity index (χ0) is 13.7. The van der Waals surface area contributed by atoms with E-state index in [9.17, 15) is 9.59 Å². The number of aryl methyl sites for hydroxylation is 1. The summed E-state index contributed by atoms with van der Waals surface area (Å²) in [6, 6.07) is 1.45. The summed E-state index contributed by atoms with van der Waals surface area (Å²) in [5.74, 6) is -0.318. The first-order chi connectivity index (χ1) is 9.16. The number of rotatable bonds is 4. The van der Waals surface area contributed by atoms with Crippen LogP contribution in [0, 0.1) is 6.92 Å². The molecular formula is C12H13N5O2. The third kappa shape index (κ3) is 3.44. The number of aromatic nitrogens is 4. The fraction of sp³-hybridized carbons (Fsp3) is 0.250. The van der Waals surface area contributed by atoms with Gasteiger partial charge in [0.25, 0.3) is 11.5 Å². The summed E-state index contributed by atoms with van der Waals surface area (Å²) in [4.78, 5) is 34.9. The van der Waals surface area contributed by atoms with Gasteiger partial charge in [-0.1, -0.05) is 0 Å². The molecule has 0 aliphatic heterocycles. The van der Waals surface area contributed by atoms with Gasteiger partial charge >= 0.3 is 0 Å². The minimum atomic E-state index is -0.318. The molecule has 1 amide bonds. The molecule has 0 spiro atoms. The molecule has 0 bridgehead atoms. The molecule has 2 heterocycles. The number of hydrogen-bond acceptors (Lipinski definition) is 5. The van der Waals surface area contributed by atoms with Crippen molar-refractivity contribution in [2.45, 2.75) is 13.5 Å². The van der Waals surface area contributed by atoms with Crippen molar-refractivity contribution in [2.75, 3.05) is 6.54 Å². The third-order valence-electron chi connectivity index (χ3n) is 2.45. The van der Waals surface area contributed by atoms with Crippen molar-refractivity contribution in [1.82, 2.24) is 24.8 Å². The van der Waals surface area contributed by atoms with E-state index in [-0.39, 0.29) is 17.2 Å². The highest BCUT2D eigenvalue weighted by atomic mass is 16.2. The van der Waals surface area contributed by atoms with E-state index < -0.39 is 0 Å². The van der Waals surface area contributed by atoms with Gasteiger partial charge in [0.15, 0.2) is 0 Å². The van der Waals surface area contributed by atoms with Crippen molar-refractivity contribution < 1.29 is 4.79 Å². The Labute approximate surface area is 109 Å². The number of carbonyl (C=O) groups excluding carboxylic acids is 1. The molecule has 0 saturated heterocycles. The average Bonchev–Trinajstić information content (AvgIpc) is 2.42. The molecule has 2 aromatic heterocycles. The van der Waals surface area contributed by atoms with Gasteiger partial charge in [0.05, 0.1) is 12.5 Å². The second-order valence-corrected chi connectivity index (χ2v) is 3.91. The molecule has 1 N–H and O–H groups in total. The Bertz CT molecular complexity index is 624. The quantitative estimate of drug-likeness (QED) is 0.819. The summed E-state index contributed by atoms with van der Waals surface area (Å²) >= 11 is 0. The van der Waals surface area contributed by atoms with E-state index in [4.69, 9.17) is 0 Å². The van der Waals surface area contributed by atoms with Crippen molar-refractivity contribution in [3.63, 3.8) is 0 Å². The van der Waals surface area contributed by atoms with Crippen molar-refractivity contribution in [2.24, 2.45) is 0 Å².